The van der Waals surface area contributed by atoms with Gasteiger partial charge in [-0.3, -0.25) is 9.59 Å². The summed E-state index contributed by atoms with van der Waals surface area (Å²) in [5.74, 6) is -7.83. The molecule has 0 bridgehead atoms. The topological polar surface area (TPSA) is 155 Å². The molecule has 0 aromatic carbocycles. The Labute approximate surface area is 167 Å². The van der Waals surface area contributed by atoms with Crippen molar-refractivity contribution in [2.75, 3.05) is 0 Å². The molecular weight excluding hydrogens is 384 g/mol. The fourth-order valence-corrected chi connectivity index (χ4v) is 2.89. The number of carboxylic acids is 3. The molecule has 0 aliphatic carbocycles. The Balaban J connectivity index is 3.26. The lowest BCUT2D eigenvalue weighted by Gasteiger charge is -2.16. The summed E-state index contributed by atoms with van der Waals surface area (Å²) in [4.78, 5) is 57.8. The molecule has 1 heterocycles. The zero-order chi connectivity index (χ0) is 22.1. The van der Waals surface area contributed by atoms with Gasteiger partial charge in [-0.2, -0.15) is 0 Å². The van der Waals surface area contributed by atoms with Crippen LogP contribution in [0.2, 0.25) is 0 Å². The van der Waals surface area contributed by atoms with Crippen molar-refractivity contribution in [1.29, 1.82) is 0 Å². The molecule has 1 rings (SSSR count). The molecule has 1 aliphatic heterocycles. The van der Waals surface area contributed by atoms with Crippen LogP contribution in [-0.2, 0) is 28.7 Å². The molecule has 2 unspecified atom stereocenters. The van der Waals surface area contributed by atoms with Gasteiger partial charge in [-0.1, -0.05) is 32.1 Å². The fourth-order valence-electron chi connectivity index (χ4n) is 2.89. The number of carbonyl (C=O) groups excluding carboxylic acids is 2. The summed E-state index contributed by atoms with van der Waals surface area (Å²) >= 11 is 0. The van der Waals surface area contributed by atoms with E-state index < -0.39 is 53.7 Å². The largest absolute Gasteiger partial charge is 0.481 e. The van der Waals surface area contributed by atoms with Crippen LogP contribution >= 0.6 is 0 Å². The smallest absolute Gasteiger partial charge is 0.346 e. The van der Waals surface area contributed by atoms with Gasteiger partial charge in [0.2, 0.25) is 0 Å². The minimum atomic E-state index is -1.51. The van der Waals surface area contributed by atoms with Gasteiger partial charge in [-0.05, 0) is 31.6 Å². The SMILES string of the molecule is CCC=CC1=C(CC(C=C(C(=O)O)C(CCC(=O)O)C(=O)O)CC)C(=O)OC1=O. The summed E-state index contributed by atoms with van der Waals surface area (Å²) in [6.07, 6.45) is 4.48. The van der Waals surface area contributed by atoms with Crippen LogP contribution in [0.5, 0.6) is 0 Å². The highest BCUT2D eigenvalue weighted by molar-refractivity contribution is 6.14. The van der Waals surface area contributed by atoms with Gasteiger partial charge in [0.05, 0.1) is 17.1 Å². The Morgan fingerprint density at radius 1 is 1.07 bits per heavy atom. The second kappa shape index (κ2) is 10.9. The first-order valence-corrected chi connectivity index (χ1v) is 9.18. The number of hydrogen-bond donors (Lipinski definition) is 3. The Morgan fingerprint density at radius 2 is 1.72 bits per heavy atom. The van der Waals surface area contributed by atoms with Crippen LogP contribution in [0.1, 0.15) is 46.0 Å². The minimum Gasteiger partial charge on any atom is -0.481 e. The minimum absolute atomic E-state index is 0.00743. The van der Waals surface area contributed by atoms with Crippen LogP contribution in [0, 0.1) is 11.8 Å². The van der Waals surface area contributed by atoms with Crippen LogP contribution in [0.3, 0.4) is 0 Å². The highest BCUT2D eigenvalue weighted by Gasteiger charge is 2.33. The standard InChI is InChI=1S/C20H24O9/c1-3-5-6-13-15(20(28)29-19(13)27)10-11(4-2)9-14(18(25)26)12(17(23)24)7-8-16(21)22/h5-6,9,11-12H,3-4,7-8,10H2,1-2H3,(H,21,22)(H,23,24)(H,25,26). The van der Waals surface area contributed by atoms with Gasteiger partial charge in [0.1, 0.15) is 0 Å². The molecule has 9 nitrogen and oxygen atoms in total. The molecule has 158 valence electrons. The Kier molecular flexibility index (Phi) is 8.98. The Morgan fingerprint density at radius 3 is 2.21 bits per heavy atom. The normalized spacial score (nSPS) is 16.8. The zero-order valence-corrected chi connectivity index (χ0v) is 16.2. The average Bonchev–Trinajstić information content (AvgIpc) is 2.90. The Bertz CT molecular complexity index is 786. The van der Waals surface area contributed by atoms with Crippen LogP contribution in [0.25, 0.3) is 0 Å². The maximum atomic E-state index is 12.0. The quantitative estimate of drug-likeness (QED) is 0.250. The lowest BCUT2D eigenvalue weighted by atomic mass is 9.87. The first-order valence-electron chi connectivity index (χ1n) is 9.18. The lowest BCUT2D eigenvalue weighted by molar-refractivity contribution is -0.151. The van der Waals surface area contributed by atoms with Crippen molar-refractivity contribution in [2.24, 2.45) is 11.8 Å². The first kappa shape index (κ1) is 23.8. The number of rotatable bonds is 12. The summed E-state index contributed by atoms with van der Waals surface area (Å²) in [6.45, 7) is 3.57. The van der Waals surface area contributed by atoms with Crippen molar-refractivity contribution in [1.82, 2.24) is 0 Å². The van der Waals surface area contributed by atoms with E-state index in [4.69, 9.17) is 5.11 Å². The van der Waals surface area contributed by atoms with Crippen molar-refractivity contribution < 1.29 is 44.0 Å². The van der Waals surface area contributed by atoms with Crippen molar-refractivity contribution in [3.05, 3.63) is 34.9 Å². The second-order valence-corrected chi connectivity index (χ2v) is 6.50. The molecule has 1 aliphatic rings. The van der Waals surface area contributed by atoms with E-state index in [1.807, 2.05) is 6.92 Å². The molecule has 0 saturated heterocycles. The van der Waals surface area contributed by atoms with E-state index in [9.17, 15) is 34.2 Å². The number of hydrogen-bond acceptors (Lipinski definition) is 6. The third-order valence-electron chi connectivity index (χ3n) is 4.47. The monoisotopic (exact) mass is 408 g/mol. The van der Waals surface area contributed by atoms with E-state index >= 15 is 0 Å². The van der Waals surface area contributed by atoms with E-state index in [0.717, 1.165) is 0 Å². The molecule has 0 radical (unpaired) electrons. The van der Waals surface area contributed by atoms with Crippen molar-refractivity contribution in [3.63, 3.8) is 0 Å². The molecule has 0 amide bonds. The molecule has 0 saturated carbocycles. The molecule has 0 aromatic rings. The molecule has 0 aromatic heterocycles. The maximum absolute atomic E-state index is 12.0. The second-order valence-electron chi connectivity index (χ2n) is 6.50. The number of aliphatic carboxylic acids is 3. The number of ether oxygens (including phenoxy) is 1. The Hall–Kier alpha value is -3.23. The highest BCUT2D eigenvalue weighted by Crippen LogP contribution is 2.29. The predicted molar refractivity (Wildman–Crippen MR) is 99.7 cm³/mol. The third kappa shape index (κ3) is 6.70. The molecular formula is C20H24O9. The molecule has 0 spiro atoms. The first-order chi connectivity index (χ1) is 13.6. The predicted octanol–water partition coefficient (Wildman–Crippen LogP) is 2.33. The number of carboxylic acid groups (broad SMARTS) is 3. The van der Waals surface area contributed by atoms with Crippen LogP contribution in [0.15, 0.2) is 34.9 Å². The van der Waals surface area contributed by atoms with E-state index in [-0.39, 0.29) is 24.0 Å². The van der Waals surface area contributed by atoms with Crippen molar-refractivity contribution in [3.8, 4) is 0 Å². The molecule has 3 N–H and O–H groups in total. The highest BCUT2D eigenvalue weighted by atomic mass is 16.6. The lowest BCUT2D eigenvalue weighted by Crippen LogP contribution is -2.23. The van der Waals surface area contributed by atoms with Gasteiger partial charge >= 0.3 is 29.8 Å². The van der Waals surface area contributed by atoms with Gasteiger partial charge in [0, 0.05) is 12.0 Å². The number of esters is 2. The molecule has 0 fully saturated rings. The van der Waals surface area contributed by atoms with Gasteiger partial charge in [0.25, 0.3) is 0 Å². The van der Waals surface area contributed by atoms with Crippen LogP contribution in [0.4, 0.5) is 0 Å². The van der Waals surface area contributed by atoms with E-state index in [0.29, 0.717) is 12.8 Å². The molecule has 9 heteroatoms. The van der Waals surface area contributed by atoms with E-state index in [1.165, 1.54) is 12.2 Å². The van der Waals surface area contributed by atoms with Gasteiger partial charge in [-0.25, -0.2) is 14.4 Å². The zero-order valence-electron chi connectivity index (χ0n) is 16.2. The van der Waals surface area contributed by atoms with E-state index in [1.54, 1.807) is 13.0 Å². The number of allylic oxidation sites excluding steroid dienone is 2. The maximum Gasteiger partial charge on any atom is 0.346 e. The summed E-state index contributed by atoms with van der Waals surface area (Å²) in [5, 5.41) is 27.6. The third-order valence-corrected chi connectivity index (χ3v) is 4.47. The summed E-state index contributed by atoms with van der Waals surface area (Å²) < 4.78 is 4.63. The average molecular weight is 408 g/mol. The van der Waals surface area contributed by atoms with Crippen molar-refractivity contribution in [2.45, 2.75) is 46.0 Å². The summed E-state index contributed by atoms with van der Waals surface area (Å²) in [5.41, 5.74) is -0.249. The van der Waals surface area contributed by atoms with E-state index in [2.05, 4.69) is 4.74 Å². The van der Waals surface area contributed by atoms with Crippen LogP contribution < -0.4 is 0 Å². The van der Waals surface area contributed by atoms with Gasteiger partial charge < -0.3 is 20.1 Å². The van der Waals surface area contributed by atoms with Gasteiger partial charge in [0.15, 0.2) is 0 Å². The summed E-state index contributed by atoms with van der Waals surface area (Å²) in [7, 11) is 0. The fraction of sp³-hybridized carbons (Fsp3) is 0.450. The molecule has 29 heavy (non-hydrogen) atoms. The number of cyclic esters (lactones) is 2. The van der Waals surface area contributed by atoms with Crippen LogP contribution in [-0.4, -0.2) is 45.2 Å². The van der Waals surface area contributed by atoms with Gasteiger partial charge in [-0.15, -0.1) is 0 Å². The molecule has 2 atom stereocenters. The summed E-state index contributed by atoms with van der Waals surface area (Å²) in [6, 6.07) is 0. The number of carbonyl (C=O) groups is 5. The van der Waals surface area contributed by atoms with Crippen molar-refractivity contribution >= 4 is 29.8 Å².